The second-order valence-corrected chi connectivity index (χ2v) is 8.07. The first-order chi connectivity index (χ1) is 12.3. The Morgan fingerprint density at radius 1 is 1.15 bits per heavy atom. The van der Waals surface area contributed by atoms with Gasteiger partial charge in [-0.1, -0.05) is 23.8 Å². The minimum absolute atomic E-state index is 0.0970. The van der Waals surface area contributed by atoms with Gasteiger partial charge in [-0.2, -0.15) is 4.31 Å². The van der Waals surface area contributed by atoms with Crippen molar-refractivity contribution in [2.24, 2.45) is 0 Å². The average Bonchev–Trinajstić information content (AvgIpc) is 3.10. The SMILES string of the molecule is Cc1ccc(S(=O)(=O)N2CCC[C@H]2C(=O)Nc2cccc(F)c2F)cc1. The van der Waals surface area contributed by atoms with Crippen LogP contribution in [0.1, 0.15) is 18.4 Å². The second kappa shape index (κ2) is 7.13. The van der Waals surface area contributed by atoms with E-state index in [1.54, 1.807) is 12.1 Å². The fourth-order valence-corrected chi connectivity index (χ4v) is 4.61. The van der Waals surface area contributed by atoms with Crippen LogP contribution < -0.4 is 5.32 Å². The average molecular weight is 380 g/mol. The normalized spacial score (nSPS) is 18.0. The maximum Gasteiger partial charge on any atom is 0.243 e. The third-order valence-electron chi connectivity index (χ3n) is 4.34. The standard InChI is InChI=1S/C18H18F2N2O3S/c1-12-7-9-13(10-8-12)26(24,25)22-11-3-6-16(22)18(23)21-15-5-2-4-14(19)17(15)20/h2,4-5,7-10,16H,3,6,11H2,1H3,(H,21,23)/t16-/m0/s1. The smallest absolute Gasteiger partial charge is 0.243 e. The number of carbonyl (C=O) groups is 1. The monoisotopic (exact) mass is 380 g/mol. The van der Waals surface area contributed by atoms with Gasteiger partial charge in [0.2, 0.25) is 15.9 Å². The zero-order valence-corrected chi connectivity index (χ0v) is 14.9. The number of nitrogens with one attached hydrogen (secondary N) is 1. The molecule has 0 aromatic heterocycles. The Bertz CT molecular complexity index is 930. The maximum absolute atomic E-state index is 13.8. The second-order valence-electron chi connectivity index (χ2n) is 6.18. The molecule has 0 radical (unpaired) electrons. The van der Waals surface area contributed by atoms with Crippen molar-refractivity contribution in [2.75, 3.05) is 11.9 Å². The predicted molar refractivity (Wildman–Crippen MR) is 93.1 cm³/mol. The Balaban J connectivity index is 1.84. The van der Waals surface area contributed by atoms with Crippen LogP contribution in [-0.2, 0) is 14.8 Å². The van der Waals surface area contributed by atoms with Gasteiger partial charge in [-0.25, -0.2) is 17.2 Å². The number of anilines is 1. The Labute approximate surface area is 150 Å². The number of hydrogen-bond acceptors (Lipinski definition) is 3. The minimum Gasteiger partial charge on any atom is -0.322 e. The summed E-state index contributed by atoms with van der Waals surface area (Å²) in [6, 6.07) is 8.81. The van der Waals surface area contributed by atoms with Gasteiger partial charge >= 0.3 is 0 Å². The molecular formula is C18H18F2N2O3S. The van der Waals surface area contributed by atoms with Gasteiger partial charge in [-0.05, 0) is 44.0 Å². The number of benzene rings is 2. The van der Waals surface area contributed by atoms with Crippen LogP contribution in [0.25, 0.3) is 0 Å². The lowest BCUT2D eigenvalue weighted by atomic mass is 10.2. The zero-order chi connectivity index (χ0) is 18.9. The molecule has 3 rings (SSSR count). The Hall–Kier alpha value is -2.32. The third-order valence-corrected chi connectivity index (χ3v) is 6.27. The number of aryl methyl sites for hydroxylation is 1. The first-order valence-electron chi connectivity index (χ1n) is 8.14. The van der Waals surface area contributed by atoms with E-state index in [0.717, 1.165) is 15.9 Å². The van der Waals surface area contributed by atoms with Crippen molar-refractivity contribution in [1.29, 1.82) is 0 Å². The fourth-order valence-electron chi connectivity index (χ4n) is 2.95. The first kappa shape index (κ1) is 18.5. The van der Waals surface area contributed by atoms with Crippen LogP contribution in [0.4, 0.5) is 14.5 Å². The van der Waals surface area contributed by atoms with Gasteiger partial charge in [0, 0.05) is 6.54 Å². The number of hydrogen-bond donors (Lipinski definition) is 1. The van der Waals surface area contributed by atoms with Gasteiger partial charge in [0.05, 0.1) is 10.6 Å². The van der Waals surface area contributed by atoms with Crippen LogP contribution in [0.5, 0.6) is 0 Å². The van der Waals surface area contributed by atoms with E-state index < -0.39 is 33.6 Å². The summed E-state index contributed by atoms with van der Waals surface area (Å²) in [5.41, 5.74) is 0.607. The van der Waals surface area contributed by atoms with Crippen molar-refractivity contribution in [3.05, 3.63) is 59.7 Å². The summed E-state index contributed by atoms with van der Waals surface area (Å²) >= 11 is 0. The van der Waals surface area contributed by atoms with Crippen molar-refractivity contribution in [2.45, 2.75) is 30.7 Å². The summed E-state index contributed by atoms with van der Waals surface area (Å²) in [6.07, 6.45) is 0.822. The van der Waals surface area contributed by atoms with Crippen LogP contribution in [0.3, 0.4) is 0 Å². The molecule has 1 amide bonds. The summed E-state index contributed by atoms with van der Waals surface area (Å²) in [5, 5.41) is 2.30. The molecule has 26 heavy (non-hydrogen) atoms. The van der Waals surface area contributed by atoms with Crippen molar-refractivity contribution >= 4 is 21.6 Å². The molecular weight excluding hydrogens is 362 g/mol. The van der Waals surface area contributed by atoms with Crippen LogP contribution >= 0.6 is 0 Å². The van der Waals surface area contributed by atoms with Crippen molar-refractivity contribution in [3.63, 3.8) is 0 Å². The number of halogens is 2. The molecule has 8 heteroatoms. The van der Waals surface area contributed by atoms with Gasteiger partial charge in [0.25, 0.3) is 0 Å². The summed E-state index contributed by atoms with van der Waals surface area (Å²) in [4.78, 5) is 12.6. The molecule has 0 unspecified atom stereocenters. The van der Waals surface area contributed by atoms with Gasteiger partial charge < -0.3 is 5.32 Å². The number of amides is 1. The van der Waals surface area contributed by atoms with Crippen molar-refractivity contribution < 1.29 is 22.0 Å². The van der Waals surface area contributed by atoms with E-state index in [9.17, 15) is 22.0 Å². The van der Waals surface area contributed by atoms with E-state index >= 15 is 0 Å². The summed E-state index contributed by atoms with van der Waals surface area (Å²) in [5.74, 6) is -2.94. The predicted octanol–water partition coefficient (Wildman–Crippen LogP) is 3.07. The topological polar surface area (TPSA) is 66.5 Å². The van der Waals surface area contributed by atoms with E-state index in [0.29, 0.717) is 12.8 Å². The van der Waals surface area contributed by atoms with Crippen LogP contribution in [0.2, 0.25) is 0 Å². The lowest BCUT2D eigenvalue weighted by Crippen LogP contribution is -2.43. The molecule has 1 heterocycles. The highest BCUT2D eigenvalue weighted by molar-refractivity contribution is 7.89. The third kappa shape index (κ3) is 3.47. The minimum atomic E-state index is -3.86. The van der Waals surface area contributed by atoms with E-state index in [1.807, 2.05) is 6.92 Å². The molecule has 1 fully saturated rings. The van der Waals surface area contributed by atoms with Gasteiger partial charge in [-0.3, -0.25) is 4.79 Å². The maximum atomic E-state index is 13.8. The number of sulfonamides is 1. The molecule has 0 saturated carbocycles. The highest BCUT2D eigenvalue weighted by Gasteiger charge is 2.39. The molecule has 1 N–H and O–H groups in total. The first-order valence-corrected chi connectivity index (χ1v) is 9.58. The number of rotatable bonds is 4. The van der Waals surface area contributed by atoms with Gasteiger partial charge in [-0.15, -0.1) is 0 Å². The van der Waals surface area contributed by atoms with Crippen LogP contribution in [-0.4, -0.2) is 31.2 Å². The Morgan fingerprint density at radius 3 is 2.54 bits per heavy atom. The van der Waals surface area contributed by atoms with Gasteiger partial charge in [0.1, 0.15) is 6.04 Å². The number of nitrogens with zero attached hydrogens (tertiary/aromatic N) is 1. The van der Waals surface area contributed by atoms with E-state index in [-0.39, 0.29) is 17.1 Å². The zero-order valence-electron chi connectivity index (χ0n) is 14.1. The van der Waals surface area contributed by atoms with Crippen LogP contribution in [0, 0.1) is 18.6 Å². The Kier molecular flexibility index (Phi) is 5.06. The molecule has 1 aliphatic rings. The molecule has 1 saturated heterocycles. The lowest BCUT2D eigenvalue weighted by molar-refractivity contribution is -0.119. The molecule has 2 aromatic carbocycles. The Morgan fingerprint density at radius 2 is 1.85 bits per heavy atom. The van der Waals surface area contributed by atoms with Crippen molar-refractivity contribution in [1.82, 2.24) is 4.31 Å². The van der Waals surface area contributed by atoms with E-state index in [2.05, 4.69) is 5.32 Å². The van der Waals surface area contributed by atoms with Gasteiger partial charge in [0.15, 0.2) is 11.6 Å². The number of carbonyl (C=O) groups excluding carboxylic acids is 1. The molecule has 0 aliphatic carbocycles. The van der Waals surface area contributed by atoms with E-state index in [1.165, 1.54) is 24.3 Å². The van der Waals surface area contributed by atoms with Crippen LogP contribution in [0.15, 0.2) is 47.4 Å². The molecule has 0 bridgehead atoms. The fraction of sp³-hybridized carbons (Fsp3) is 0.278. The highest BCUT2D eigenvalue weighted by Crippen LogP contribution is 2.27. The summed E-state index contributed by atoms with van der Waals surface area (Å²) in [7, 11) is -3.86. The molecule has 0 spiro atoms. The molecule has 5 nitrogen and oxygen atoms in total. The molecule has 1 aliphatic heterocycles. The van der Waals surface area contributed by atoms with E-state index in [4.69, 9.17) is 0 Å². The highest BCUT2D eigenvalue weighted by atomic mass is 32.2. The molecule has 1 atom stereocenters. The molecule has 2 aromatic rings. The largest absolute Gasteiger partial charge is 0.322 e. The quantitative estimate of drug-likeness (QED) is 0.887. The summed E-state index contributed by atoms with van der Waals surface area (Å²) < 4.78 is 53.9. The summed E-state index contributed by atoms with van der Waals surface area (Å²) in [6.45, 7) is 2.04. The lowest BCUT2D eigenvalue weighted by Gasteiger charge is -2.23. The van der Waals surface area contributed by atoms with Crippen molar-refractivity contribution in [3.8, 4) is 0 Å². The molecule has 138 valence electrons.